The van der Waals surface area contributed by atoms with E-state index in [-0.39, 0.29) is 5.54 Å². The number of carbonyl (C=O) groups excluding carboxylic acids is 1. The van der Waals surface area contributed by atoms with Gasteiger partial charge in [-0.25, -0.2) is 9.97 Å². The molecule has 1 aliphatic carbocycles. The molecular weight excluding hydrogens is 450 g/mol. The molecule has 0 bridgehead atoms. The van der Waals surface area contributed by atoms with Crippen molar-refractivity contribution < 1.29 is 4.79 Å². The zero-order chi connectivity index (χ0) is 22.8. The maximum atomic E-state index is 10.1. The number of halogens is 1. The average molecular weight is 478 g/mol. The lowest BCUT2D eigenvalue weighted by Crippen LogP contribution is -2.36. The number of anilines is 3. The van der Waals surface area contributed by atoms with Crippen LogP contribution in [-0.2, 0) is 17.6 Å². The van der Waals surface area contributed by atoms with Crippen molar-refractivity contribution in [1.29, 1.82) is 0 Å². The van der Waals surface area contributed by atoms with Gasteiger partial charge in [0.1, 0.15) is 17.0 Å². The molecule has 166 valence electrons. The molecule has 31 heavy (non-hydrogen) atoms. The first kappa shape index (κ1) is 23.6. The van der Waals surface area contributed by atoms with Crippen molar-refractivity contribution in [2.24, 2.45) is 0 Å². The number of thiophene rings is 1. The number of carbonyl (C=O) groups is 1. The van der Waals surface area contributed by atoms with E-state index in [1.165, 1.54) is 23.3 Å². The summed E-state index contributed by atoms with van der Waals surface area (Å²) in [4.78, 5) is 23.8. The lowest BCUT2D eigenvalue weighted by atomic mass is 9.97. The van der Waals surface area contributed by atoms with E-state index in [1.807, 2.05) is 26.8 Å². The van der Waals surface area contributed by atoms with Crippen LogP contribution in [0.1, 0.15) is 44.1 Å². The third-order valence-electron chi connectivity index (χ3n) is 5.34. The number of fused-ring (bicyclic) bond motifs is 3. The zero-order valence-corrected chi connectivity index (χ0v) is 20.7. The van der Waals surface area contributed by atoms with Gasteiger partial charge in [0.25, 0.3) is 0 Å². The Morgan fingerprint density at radius 3 is 2.61 bits per heavy atom. The third-order valence-corrected chi connectivity index (χ3v) is 7.24. The van der Waals surface area contributed by atoms with Gasteiger partial charge in [0.05, 0.1) is 16.1 Å². The average Bonchev–Trinajstić information content (AvgIpc) is 3.10. The van der Waals surface area contributed by atoms with Gasteiger partial charge < -0.3 is 16.0 Å². The molecule has 6 nitrogen and oxygen atoms in total. The van der Waals surface area contributed by atoms with E-state index in [4.69, 9.17) is 17.3 Å². The number of nitrogens with two attached hydrogens (primary N) is 1. The normalized spacial score (nSPS) is 13.2. The van der Waals surface area contributed by atoms with E-state index >= 15 is 0 Å². The van der Waals surface area contributed by atoms with Gasteiger partial charge in [-0.2, -0.15) is 0 Å². The van der Waals surface area contributed by atoms with Crippen molar-refractivity contribution in [1.82, 2.24) is 14.9 Å². The molecule has 3 N–H and O–H groups in total. The van der Waals surface area contributed by atoms with Crippen molar-refractivity contribution in [2.45, 2.75) is 56.9 Å². The van der Waals surface area contributed by atoms with Crippen LogP contribution >= 0.6 is 35.6 Å². The van der Waals surface area contributed by atoms with Crippen LogP contribution in [0.3, 0.4) is 0 Å². The summed E-state index contributed by atoms with van der Waals surface area (Å²) < 4.78 is 0. The van der Waals surface area contributed by atoms with Crippen molar-refractivity contribution in [3.63, 3.8) is 0 Å². The van der Waals surface area contributed by atoms with Crippen molar-refractivity contribution >= 4 is 69.4 Å². The van der Waals surface area contributed by atoms with Crippen LogP contribution in [-0.4, -0.2) is 33.9 Å². The maximum absolute atomic E-state index is 10.1. The number of hydrogen-bond donors (Lipinski definition) is 3. The molecule has 0 fully saturated rings. The van der Waals surface area contributed by atoms with Crippen LogP contribution in [0.4, 0.5) is 17.2 Å². The number of thiol groups is 1. The minimum absolute atomic E-state index is 0.0260. The van der Waals surface area contributed by atoms with Crippen LogP contribution in [0.2, 0.25) is 5.02 Å². The molecular formula is C22H28ClN5OS2. The molecule has 4 rings (SSSR count). The third kappa shape index (κ3) is 5.42. The number of aromatic nitrogens is 2. The summed E-state index contributed by atoms with van der Waals surface area (Å²) in [5, 5.41) is 5.02. The van der Waals surface area contributed by atoms with Gasteiger partial charge in [0, 0.05) is 28.0 Å². The van der Waals surface area contributed by atoms with Crippen LogP contribution < -0.4 is 11.1 Å². The fourth-order valence-electron chi connectivity index (χ4n) is 3.14. The molecule has 1 aliphatic rings. The quantitative estimate of drug-likeness (QED) is 0.255. The van der Waals surface area contributed by atoms with Crippen LogP contribution in [0.25, 0.3) is 10.2 Å². The van der Waals surface area contributed by atoms with E-state index in [0.29, 0.717) is 15.6 Å². The Balaban J connectivity index is 0.000000293. The molecule has 0 unspecified atom stereocenters. The second kappa shape index (κ2) is 9.63. The number of benzene rings is 1. The van der Waals surface area contributed by atoms with E-state index in [2.05, 4.69) is 27.9 Å². The van der Waals surface area contributed by atoms with Crippen molar-refractivity contribution in [3.05, 3.63) is 33.9 Å². The highest BCUT2D eigenvalue weighted by molar-refractivity contribution is 7.80. The van der Waals surface area contributed by atoms with Gasteiger partial charge in [0.15, 0.2) is 0 Å². The highest BCUT2D eigenvalue weighted by Crippen LogP contribution is 2.40. The van der Waals surface area contributed by atoms with Gasteiger partial charge in [-0.1, -0.05) is 11.6 Å². The standard InChI is InChI=1S/C16H15ClN4S2.C6H13NO/c17-9-5-10(18)12(22)6-11(9)21-15-14-8-3-1-2-4-13(8)23-16(14)20-7-19-15;1-6(2,3)7(4)5-8/h5-7,22H,1-4,18H2,(H,19,20,21);5H,1-4H3. The van der Waals surface area contributed by atoms with Crippen LogP contribution in [0.5, 0.6) is 0 Å². The highest BCUT2D eigenvalue weighted by Gasteiger charge is 2.20. The second-order valence-electron chi connectivity index (χ2n) is 8.52. The van der Waals surface area contributed by atoms with E-state index < -0.39 is 0 Å². The molecule has 0 atom stereocenters. The second-order valence-corrected chi connectivity index (χ2v) is 10.5. The number of rotatable bonds is 3. The van der Waals surface area contributed by atoms with Gasteiger partial charge >= 0.3 is 0 Å². The SMILES string of the molecule is CN(C=O)C(C)(C)C.Nc1cc(Cl)c(Nc2ncnc3sc4c(c23)CCCC4)cc1S. The topological polar surface area (TPSA) is 84.1 Å². The Labute approximate surface area is 197 Å². The van der Waals surface area contributed by atoms with Crippen LogP contribution in [0.15, 0.2) is 23.4 Å². The molecule has 0 saturated carbocycles. The predicted molar refractivity (Wildman–Crippen MR) is 134 cm³/mol. The predicted octanol–water partition coefficient (Wildman–Crippen LogP) is 5.71. The van der Waals surface area contributed by atoms with E-state index in [9.17, 15) is 4.79 Å². The summed E-state index contributed by atoms with van der Waals surface area (Å²) in [6.45, 7) is 5.96. The lowest BCUT2D eigenvalue weighted by molar-refractivity contribution is -0.120. The first-order chi connectivity index (χ1) is 14.6. The van der Waals surface area contributed by atoms with Gasteiger partial charge in [-0.15, -0.1) is 24.0 Å². The Hall–Kier alpha value is -2.03. The molecule has 0 radical (unpaired) electrons. The summed E-state index contributed by atoms with van der Waals surface area (Å²) in [7, 11) is 1.77. The minimum atomic E-state index is -0.0260. The highest BCUT2D eigenvalue weighted by atomic mass is 35.5. The zero-order valence-electron chi connectivity index (χ0n) is 18.2. The number of aryl methyl sites for hydroxylation is 2. The molecule has 9 heteroatoms. The Kier molecular flexibility index (Phi) is 7.34. The number of amides is 1. The van der Waals surface area contributed by atoms with Crippen molar-refractivity contribution in [2.75, 3.05) is 18.1 Å². The summed E-state index contributed by atoms with van der Waals surface area (Å²) in [5.41, 5.74) is 8.51. The van der Waals surface area contributed by atoms with E-state index in [1.54, 1.807) is 35.7 Å². The molecule has 0 aliphatic heterocycles. The molecule has 2 aromatic heterocycles. The number of nitrogens with zero attached hydrogens (tertiary/aromatic N) is 3. The molecule has 0 spiro atoms. The summed E-state index contributed by atoms with van der Waals surface area (Å²) in [5.74, 6) is 0.800. The molecule has 1 aromatic carbocycles. The minimum Gasteiger partial charge on any atom is -0.398 e. The molecule has 0 saturated heterocycles. The lowest BCUT2D eigenvalue weighted by Gasteiger charge is -2.27. The molecule has 1 amide bonds. The monoisotopic (exact) mass is 477 g/mol. The number of hydrogen-bond acceptors (Lipinski definition) is 7. The molecule has 2 heterocycles. The Morgan fingerprint density at radius 2 is 1.97 bits per heavy atom. The van der Waals surface area contributed by atoms with Crippen molar-refractivity contribution in [3.8, 4) is 0 Å². The Bertz CT molecular complexity index is 1090. The summed E-state index contributed by atoms with van der Waals surface area (Å²) in [6, 6.07) is 3.53. The number of nitrogen functional groups attached to an aromatic ring is 1. The van der Waals surface area contributed by atoms with Crippen LogP contribution in [0, 0.1) is 0 Å². The summed E-state index contributed by atoms with van der Waals surface area (Å²) in [6.07, 6.45) is 7.13. The number of nitrogens with one attached hydrogen (secondary N) is 1. The molecule has 3 aromatic rings. The summed E-state index contributed by atoms with van der Waals surface area (Å²) >= 11 is 12.4. The first-order valence-corrected chi connectivity index (χ1v) is 11.7. The smallest absolute Gasteiger partial charge is 0.209 e. The first-order valence-electron chi connectivity index (χ1n) is 10.1. The van der Waals surface area contributed by atoms with Gasteiger partial charge in [-0.05, 0) is 64.2 Å². The van der Waals surface area contributed by atoms with Gasteiger partial charge in [0.2, 0.25) is 6.41 Å². The fraction of sp³-hybridized carbons (Fsp3) is 0.409. The van der Waals surface area contributed by atoms with Gasteiger partial charge in [-0.3, -0.25) is 4.79 Å². The largest absolute Gasteiger partial charge is 0.398 e. The maximum Gasteiger partial charge on any atom is 0.209 e. The Morgan fingerprint density at radius 1 is 1.26 bits per heavy atom. The fourth-order valence-corrected chi connectivity index (χ4v) is 4.79. The van der Waals surface area contributed by atoms with E-state index in [0.717, 1.165) is 41.0 Å².